The zero-order valence-corrected chi connectivity index (χ0v) is 10.1. The van der Waals surface area contributed by atoms with Crippen LogP contribution in [0.1, 0.15) is 0 Å². The van der Waals surface area contributed by atoms with Crippen LogP contribution in [0.4, 0.5) is 0 Å². The Morgan fingerprint density at radius 2 is 1.33 bits per heavy atom. The molecule has 0 aromatic carbocycles. The predicted octanol–water partition coefficient (Wildman–Crippen LogP) is -8.93. The molecule has 1 N–H and O–H groups in total. The van der Waals surface area contributed by atoms with E-state index in [1.54, 1.807) is 0 Å². The molecule has 0 aliphatic carbocycles. The van der Waals surface area contributed by atoms with E-state index in [9.17, 15) is 0 Å². The van der Waals surface area contributed by atoms with Gasteiger partial charge in [0.25, 0.3) is 10.8 Å². The zero-order chi connectivity index (χ0) is 3.58. The SMILES string of the molecule is [Cs+].[F-].[O-][Cl+2]([O-])O. The molecule has 0 saturated heterocycles. The summed E-state index contributed by atoms with van der Waals surface area (Å²) in [5, 5.41) is 0. The third-order valence-electron chi connectivity index (χ3n) is 0. The molecule has 0 bridgehead atoms. The van der Waals surface area contributed by atoms with Crippen molar-refractivity contribution in [3.05, 3.63) is 0 Å². The monoisotopic (exact) mass is 236 g/mol. The summed E-state index contributed by atoms with van der Waals surface area (Å²) in [5.41, 5.74) is 0. The summed E-state index contributed by atoms with van der Waals surface area (Å²) in [7, 11) is -2.60. The van der Waals surface area contributed by atoms with Crippen LogP contribution in [0, 0.1) is 10.8 Å². The van der Waals surface area contributed by atoms with Gasteiger partial charge in [-0.1, -0.05) is 0 Å². The predicted molar refractivity (Wildman–Crippen MR) is 2.22 cm³/mol. The topological polar surface area (TPSA) is 66.3 Å². The maximum atomic E-state index is 8.52. The van der Waals surface area contributed by atoms with Gasteiger partial charge in [-0.15, -0.1) is 0 Å². The number of halogens is 2. The second-order valence-electron chi connectivity index (χ2n) is 0.201. The van der Waals surface area contributed by atoms with Crippen LogP contribution in [-0.2, 0) is 0 Å². The molecular formula is HClCsFO3. The van der Waals surface area contributed by atoms with Crippen LogP contribution in [0.2, 0.25) is 0 Å². The van der Waals surface area contributed by atoms with Gasteiger partial charge in [-0.3, -0.25) is 0 Å². The second kappa shape index (κ2) is 10.2. The molecule has 0 saturated carbocycles. The first kappa shape index (κ1) is 15.7. The van der Waals surface area contributed by atoms with E-state index >= 15 is 0 Å². The van der Waals surface area contributed by atoms with Gasteiger partial charge in [0, 0.05) is 4.66 Å². The summed E-state index contributed by atoms with van der Waals surface area (Å²) in [6.45, 7) is 0. The van der Waals surface area contributed by atoms with Crippen molar-refractivity contribution < 1.29 is 98.4 Å². The summed E-state index contributed by atoms with van der Waals surface area (Å²) in [6.07, 6.45) is 0. The fourth-order valence-corrected chi connectivity index (χ4v) is 0. The van der Waals surface area contributed by atoms with E-state index in [-0.39, 0.29) is 73.6 Å². The molecule has 0 atom stereocenters. The number of rotatable bonds is 0. The molecule has 0 aliphatic heterocycles. The fourth-order valence-electron chi connectivity index (χ4n) is 0. The molecule has 34 valence electrons. The van der Waals surface area contributed by atoms with Crippen LogP contribution in [-0.4, -0.2) is 4.66 Å². The van der Waals surface area contributed by atoms with Gasteiger partial charge < -0.3 is 14.0 Å². The Morgan fingerprint density at radius 1 is 1.33 bits per heavy atom. The van der Waals surface area contributed by atoms with Gasteiger partial charge in [0.05, 0.1) is 0 Å². The largest absolute Gasteiger partial charge is 1.00 e. The summed E-state index contributed by atoms with van der Waals surface area (Å²) >= 11 is 0. The van der Waals surface area contributed by atoms with E-state index in [0.717, 1.165) is 0 Å². The first-order chi connectivity index (χ1) is 1.73. The summed E-state index contributed by atoms with van der Waals surface area (Å²) in [6, 6.07) is 0. The minimum Gasteiger partial charge on any atom is -1.00 e. The van der Waals surface area contributed by atoms with Gasteiger partial charge in [0.1, 0.15) is 0 Å². The first-order valence-corrected chi connectivity index (χ1v) is 1.43. The van der Waals surface area contributed by atoms with Gasteiger partial charge in [-0.2, -0.15) is 0 Å². The fraction of sp³-hybridized carbons (Fsp3) is 0. The van der Waals surface area contributed by atoms with Crippen LogP contribution in [0.25, 0.3) is 0 Å². The smallest absolute Gasteiger partial charge is 1.00 e. The van der Waals surface area contributed by atoms with Crippen LogP contribution < -0.4 is 82.9 Å². The van der Waals surface area contributed by atoms with Gasteiger partial charge in [-0.05, 0) is 0 Å². The Labute approximate surface area is 95.9 Å². The Hall–Kier alpha value is 2.15. The van der Waals surface area contributed by atoms with Gasteiger partial charge in [0.2, 0.25) is 0 Å². The van der Waals surface area contributed by atoms with Crippen molar-refractivity contribution in [2.75, 3.05) is 0 Å². The van der Waals surface area contributed by atoms with Crippen LogP contribution >= 0.6 is 0 Å². The second-order valence-corrected chi connectivity index (χ2v) is 0.603. The average molecular weight is 236 g/mol. The van der Waals surface area contributed by atoms with Crippen molar-refractivity contribution in [2.24, 2.45) is 0 Å². The molecule has 0 aromatic rings. The summed E-state index contributed by atoms with van der Waals surface area (Å²) < 4.78 is 24.0. The maximum absolute atomic E-state index is 8.52. The Bertz CT molecular complexity index is 15.5. The van der Waals surface area contributed by atoms with E-state index in [1.165, 1.54) is 0 Å². The van der Waals surface area contributed by atoms with E-state index in [1.807, 2.05) is 0 Å². The molecule has 0 fully saturated rings. The van der Waals surface area contributed by atoms with Crippen molar-refractivity contribution in [3.63, 3.8) is 0 Å². The molecular weight excluding hydrogens is 235 g/mol. The molecule has 0 radical (unpaired) electrons. The van der Waals surface area contributed by atoms with Crippen LogP contribution in [0.5, 0.6) is 0 Å². The molecule has 6 heteroatoms. The molecule has 0 rings (SSSR count). The molecule has 0 amide bonds. The van der Waals surface area contributed by atoms with Gasteiger partial charge >= 0.3 is 68.9 Å². The Morgan fingerprint density at radius 3 is 1.33 bits per heavy atom. The van der Waals surface area contributed by atoms with Crippen molar-refractivity contribution in [1.82, 2.24) is 0 Å². The maximum Gasteiger partial charge on any atom is 1.00 e. The molecule has 0 aliphatic rings. The minimum absolute atomic E-state index is 0. The minimum atomic E-state index is -2.60. The quantitative estimate of drug-likeness (QED) is 0.454. The van der Waals surface area contributed by atoms with Crippen molar-refractivity contribution in [1.29, 1.82) is 0 Å². The summed E-state index contributed by atoms with van der Waals surface area (Å²) in [4.78, 5) is 0. The number of hydrogen-bond donors (Lipinski definition) is 1. The summed E-state index contributed by atoms with van der Waals surface area (Å²) in [5.74, 6) is 0. The third kappa shape index (κ3) is 35.3. The molecule has 0 unspecified atom stereocenters. The van der Waals surface area contributed by atoms with Crippen LogP contribution in [0.15, 0.2) is 0 Å². The van der Waals surface area contributed by atoms with Crippen LogP contribution in [0.3, 0.4) is 0 Å². The first-order valence-electron chi connectivity index (χ1n) is 0.478. The van der Waals surface area contributed by atoms with Crippen molar-refractivity contribution in [2.45, 2.75) is 0 Å². The molecule has 6 heavy (non-hydrogen) atoms. The molecule has 3 nitrogen and oxygen atoms in total. The average Bonchev–Trinajstić information content (AvgIpc) is 0.811. The molecule has 0 heterocycles. The van der Waals surface area contributed by atoms with E-state index < -0.39 is 10.8 Å². The molecule has 0 spiro atoms. The third-order valence-corrected chi connectivity index (χ3v) is 0. The van der Waals surface area contributed by atoms with E-state index in [2.05, 4.69) is 0 Å². The standard InChI is InChI=1S/ClHO3.Cs.FH/c2-1(3)4;;/h2H;;1H/q;+1;/p-1. The van der Waals surface area contributed by atoms with Gasteiger partial charge in [0.15, 0.2) is 0 Å². The van der Waals surface area contributed by atoms with E-state index in [4.69, 9.17) is 14.0 Å². The van der Waals surface area contributed by atoms with Crippen molar-refractivity contribution in [3.8, 4) is 0 Å². The Kier molecular flexibility index (Phi) is 26.7. The van der Waals surface area contributed by atoms with Gasteiger partial charge in [-0.25, -0.2) is 0 Å². The normalized spacial score (nSPS) is 6.00. The van der Waals surface area contributed by atoms with Crippen molar-refractivity contribution >= 4 is 0 Å². The van der Waals surface area contributed by atoms with E-state index in [0.29, 0.717) is 0 Å². The molecule has 0 aromatic heterocycles. The zero-order valence-electron chi connectivity index (χ0n) is 3.02. The number of hydrogen-bond acceptors (Lipinski definition) is 3. The Balaban J connectivity index is -0.0000000450.